The molecule has 2 heterocycles. The number of benzene rings is 2. The zero-order valence-corrected chi connectivity index (χ0v) is 19.4. The summed E-state index contributed by atoms with van der Waals surface area (Å²) in [6.45, 7) is 7.12. The highest BCUT2D eigenvalue weighted by atomic mass is 35.5. The predicted molar refractivity (Wildman–Crippen MR) is 129 cm³/mol. The molecular formula is C23H21ClN4OS2. The van der Waals surface area contributed by atoms with E-state index >= 15 is 0 Å². The number of nitrogens with zero attached hydrogens (tertiary/aromatic N) is 4. The number of hydrogen-bond acceptors (Lipinski definition) is 6. The molecule has 0 fully saturated rings. The number of halogens is 1. The molecule has 0 N–H and O–H groups in total. The van der Waals surface area contributed by atoms with Gasteiger partial charge in [-0.05, 0) is 37.3 Å². The van der Waals surface area contributed by atoms with Gasteiger partial charge in [0.05, 0.1) is 17.3 Å². The standard InChI is InChI=1S/C23H21ClN4OS2/c1-3-13-28-21(16-9-11-18(12-10-16)29-4-2)26-27-23(28)31-15-17-14-30-22(25-17)19-7-5-6-8-20(19)24/h3,5-12,14H,1,4,13,15H2,2H3. The van der Waals surface area contributed by atoms with E-state index in [2.05, 4.69) is 26.7 Å². The first-order valence-corrected chi connectivity index (χ1v) is 12.0. The van der Waals surface area contributed by atoms with E-state index in [1.807, 2.05) is 61.5 Å². The zero-order valence-electron chi connectivity index (χ0n) is 17.0. The zero-order chi connectivity index (χ0) is 21.6. The first-order chi connectivity index (χ1) is 15.2. The molecule has 0 radical (unpaired) electrons. The van der Waals surface area contributed by atoms with Gasteiger partial charge in [0, 0.05) is 28.8 Å². The van der Waals surface area contributed by atoms with Gasteiger partial charge in [0.1, 0.15) is 10.8 Å². The molecule has 0 saturated heterocycles. The van der Waals surface area contributed by atoms with Gasteiger partial charge < -0.3 is 4.74 Å². The predicted octanol–water partition coefficient (Wildman–Crippen LogP) is 6.60. The van der Waals surface area contributed by atoms with E-state index in [0.29, 0.717) is 23.9 Å². The van der Waals surface area contributed by atoms with Crippen LogP contribution in [0.3, 0.4) is 0 Å². The lowest BCUT2D eigenvalue weighted by molar-refractivity contribution is 0.340. The van der Waals surface area contributed by atoms with Crippen LogP contribution in [0, 0.1) is 0 Å². The Hall–Kier alpha value is -2.61. The summed E-state index contributed by atoms with van der Waals surface area (Å²) < 4.78 is 7.60. The molecule has 2 aromatic heterocycles. The monoisotopic (exact) mass is 468 g/mol. The highest BCUT2D eigenvalue weighted by Gasteiger charge is 2.15. The van der Waals surface area contributed by atoms with Crippen molar-refractivity contribution in [2.24, 2.45) is 0 Å². The Morgan fingerprint density at radius 2 is 1.97 bits per heavy atom. The third kappa shape index (κ3) is 5.01. The topological polar surface area (TPSA) is 52.8 Å². The minimum Gasteiger partial charge on any atom is -0.494 e. The lowest BCUT2D eigenvalue weighted by Crippen LogP contribution is -2.01. The van der Waals surface area contributed by atoms with E-state index in [0.717, 1.165) is 38.6 Å². The smallest absolute Gasteiger partial charge is 0.192 e. The Morgan fingerprint density at radius 3 is 2.71 bits per heavy atom. The van der Waals surface area contributed by atoms with E-state index in [-0.39, 0.29) is 0 Å². The van der Waals surface area contributed by atoms with Crippen LogP contribution in [0.5, 0.6) is 5.75 Å². The summed E-state index contributed by atoms with van der Waals surface area (Å²) in [6, 6.07) is 15.7. The van der Waals surface area contributed by atoms with Crippen LogP contribution in [0.15, 0.2) is 71.7 Å². The molecule has 4 aromatic rings. The van der Waals surface area contributed by atoms with Crippen molar-refractivity contribution >= 4 is 34.7 Å². The summed E-state index contributed by atoms with van der Waals surface area (Å²) in [7, 11) is 0. The summed E-state index contributed by atoms with van der Waals surface area (Å²) in [5, 5.41) is 13.4. The summed E-state index contributed by atoms with van der Waals surface area (Å²) in [5.41, 5.74) is 2.93. The molecule has 0 aliphatic rings. The number of thiazole rings is 1. The molecule has 4 rings (SSSR count). The molecule has 0 bridgehead atoms. The van der Waals surface area contributed by atoms with Crippen molar-refractivity contribution in [2.75, 3.05) is 6.61 Å². The van der Waals surface area contributed by atoms with Crippen LogP contribution in [0.25, 0.3) is 22.0 Å². The average Bonchev–Trinajstić information content (AvgIpc) is 3.41. The fourth-order valence-corrected chi connectivity index (χ4v) is 5.13. The molecule has 0 atom stereocenters. The van der Waals surface area contributed by atoms with Gasteiger partial charge in [-0.25, -0.2) is 4.98 Å². The molecule has 0 amide bonds. The third-order valence-corrected chi connectivity index (χ3v) is 6.71. The normalized spacial score (nSPS) is 10.9. The van der Waals surface area contributed by atoms with E-state index in [1.165, 1.54) is 0 Å². The second kappa shape index (κ2) is 10.1. The van der Waals surface area contributed by atoms with Gasteiger partial charge in [0.15, 0.2) is 11.0 Å². The maximum absolute atomic E-state index is 6.31. The van der Waals surface area contributed by atoms with Crippen molar-refractivity contribution in [1.82, 2.24) is 19.7 Å². The van der Waals surface area contributed by atoms with E-state index in [1.54, 1.807) is 23.1 Å². The lowest BCUT2D eigenvalue weighted by Gasteiger charge is -2.08. The van der Waals surface area contributed by atoms with Gasteiger partial charge in [-0.1, -0.05) is 47.6 Å². The van der Waals surface area contributed by atoms with Gasteiger partial charge in [-0.2, -0.15) is 0 Å². The van der Waals surface area contributed by atoms with Crippen molar-refractivity contribution < 1.29 is 4.74 Å². The minimum absolute atomic E-state index is 0.625. The Bertz CT molecular complexity index is 1170. The molecular weight excluding hydrogens is 448 g/mol. The summed E-state index contributed by atoms with van der Waals surface area (Å²) in [6.07, 6.45) is 1.85. The number of ether oxygens (including phenoxy) is 1. The van der Waals surface area contributed by atoms with Gasteiger partial charge in [-0.3, -0.25) is 4.57 Å². The van der Waals surface area contributed by atoms with Crippen LogP contribution < -0.4 is 4.74 Å². The minimum atomic E-state index is 0.625. The Labute approximate surface area is 194 Å². The highest BCUT2D eigenvalue weighted by Crippen LogP contribution is 2.32. The number of rotatable bonds is 9. The first kappa shape index (κ1) is 21.6. The fraction of sp³-hybridized carbons (Fsp3) is 0.174. The summed E-state index contributed by atoms with van der Waals surface area (Å²) in [4.78, 5) is 4.75. The van der Waals surface area contributed by atoms with Gasteiger partial charge in [-0.15, -0.1) is 28.1 Å². The molecule has 0 unspecified atom stereocenters. The van der Waals surface area contributed by atoms with E-state index in [4.69, 9.17) is 21.3 Å². The van der Waals surface area contributed by atoms with Crippen molar-refractivity contribution in [2.45, 2.75) is 24.4 Å². The van der Waals surface area contributed by atoms with Crippen LogP contribution in [0.4, 0.5) is 0 Å². The molecule has 5 nitrogen and oxygen atoms in total. The number of allylic oxidation sites excluding steroid dienone is 1. The molecule has 0 aliphatic heterocycles. The molecule has 2 aromatic carbocycles. The molecule has 8 heteroatoms. The lowest BCUT2D eigenvalue weighted by atomic mass is 10.2. The Kier molecular flexibility index (Phi) is 7.06. The average molecular weight is 469 g/mol. The molecule has 31 heavy (non-hydrogen) atoms. The number of hydrogen-bond donors (Lipinski definition) is 0. The summed E-state index contributed by atoms with van der Waals surface area (Å²) in [5.74, 6) is 2.34. The molecule has 0 aliphatic carbocycles. The van der Waals surface area contributed by atoms with Crippen molar-refractivity contribution in [3.05, 3.63) is 77.3 Å². The van der Waals surface area contributed by atoms with Gasteiger partial charge in [0.2, 0.25) is 0 Å². The number of thioether (sulfide) groups is 1. The van der Waals surface area contributed by atoms with Gasteiger partial charge >= 0.3 is 0 Å². The van der Waals surface area contributed by atoms with Crippen molar-refractivity contribution in [3.8, 4) is 27.7 Å². The van der Waals surface area contributed by atoms with Gasteiger partial charge in [0.25, 0.3) is 0 Å². The SMILES string of the molecule is C=CCn1c(SCc2csc(-c3ccccc3Cl)n2)nnc1-c1ccc(OCC)cc1. The highest BCUT2D eigenvalue weighted by molar-refractivity contribution is 7.98. The van der Waals surface area contributed by atoms with E-state index < -0.39 is 0 Å². The van der Waals surface area contributed by atoms with Crippen LogP contribution in [0.1, 0.15) is 12.6 Å². The fourth-order valence-electron chi connectivity index (χ4n) is 3.04. The molecule has 0 saturated carbocycles. The van der Waals surface area contributed by atoms with Crippen LogP contribution >= 0.6 is 34.7 Å². The Balaban J connectivity index is 1.52. The van der Waals surface area contributed by atoms with E-state index in [9.17, 15) is 0 Å². The second-order valence-electron chi connectivity index (χ2n) is 6.58. The first-order valence-electron chi connectivity index (χ1n) is 9.79. The molecule has 158 valence electrons. The third-order valence-electron chi connectivity index (χ3n) is 4.46. The van der Waals surface area contributed by atoms with Crippen molar-refractivity contribution in [3.63, 3.8) is 0 Å². The Morgan fingerprint density at radius 1 is 1.16 bits per heavy atom. The van der Waals surface area contributed by atoms with Crippen LogP contribution in [-0.4, -0.2) is 26.4 Å². The summed E-state index contributed by atoms with van der Waals surface area (Å²) >= 11 is 9.51. The maximum atomic E-state index is 6.31. The number of aromatic nitrogens is 4. The van der Waals surface area contributed by atoms with Crippen LogP contribution in [0.2, 0.25) is 5.02 Å². The van der Waals surface area contributed by atoms with Crippen molar-refractivity contribution in [1.29, 1.82) is 0 Å². The maximum Gasteiger partial charge on any atom is 0.192 e. The van der Waals surface area contributed by atoms with Crippen LogP contribution in [-0.2, 0) is 12.3 Å². The molecule has 0 spiro atoms. The largest absolute Gasteiger partial charge is 0.494 e. The quantitative estimate of drug-likeness (QED) is 0.204. The second-order valence-corrected chi connectivity index (χ2v) is 8.78.